The van der Waals surface area contributed by atoms with E-state index in [0.29, 0.717) is 5.02 Å². The van der Waals surface area contributed by atoms with Crippen molar-refractivity contribution in [2.75, 3.05) is 0 Å². The fourth-order valence-electron chi connectivity index (χ4n) is 1.21. The normalized spacial score (nSPS) is 15.5. The Labute approximate surface area is 83.3 Å². The zero-order valence-electron chi connectivity index (χ0n) is 7.79. The van der Waals surface area contributed by atoms with Crippen molar-refractivity contribution in [3.8, 4) is 0 Å². The third-order valence-corrected chi connectivity index (χ3v) is 2.29. The van der Waals surface area contributed by atoms with Crippen molar-refractivity contribution in [2.24, 2.45) is 5.73 Å². The average molecular weight is 200 g/mol. The summed E-state index contributed by atoms with van der Waals surface area (Å²) in [6.45, 7) is 3.70. The van der Waals surface area contributed by atoms with Gasteiger partial charge in [-0.15, -0.1) is 0 Å². The Morgan fingerprint density at radius 1 is 1.46 bits per heavy atom. The Hall–Kier alpha value is -0.570. The molecule has 3 heteroatoms. The lowest BCUT2D eigenvalue weighted by Gasteiger charge is -2.17. The molecule has 72 valence electrons. The van der Waals surface area contributed by atoms with Gasteiger partial charge in [-0.05, 0) is 37.1 Å². The molecule has 0 bridgehead atoms. The maximum absolute atomic E-state index is 9.72. The van der Waals surface area contributed by atoms with E-state index in [1.165, 1.54) is 0 Å². The minimum Gasteiger partial charge on any atom is -0.387 e. The molecular formula is C10H14ClNO. The smallest absolute Gasteiger partial charge is 0.0941 e. The van der Waals surface area contributed by atoms with Crippen molar-refractivity contribution in [3.05, 3.63) is 34.3 Å². The van der Waals surface area contributed by atoms with E-state index in [0.717, 1.165) is 11.1 Å². The number of hydrogen-bond donors (Lipinski definition) is 2. The first-order valence-corrected chi connectivity index (χ1v) is 4.60. The van der Waals surface area contributed by atoms with Gasteiger partial charge in [0.2, 0.25) is 0 Å². The summed E-state index contributed by atoms with van der Waals surface area (Å²) in [4.78, 5) is 0. The second-order valence-corrected chi connectivity index (χ2v) is 3.74. The van der Waals surface area contributed by atoms with Crippen LogP contribution < -0.4 is 5.73 Å². The molecule has 1 aromatic carbocycles. The molecule has 0 fully saturated rings. The summed E-state index contributed by atoms with van der Waals surface area (Å²) in [5, 5.41) is 10.3. The van der Waals surface area contributed by atoms with Crippen LogP contribution in [0, 0.1) is 6.92 Å². The molecule has 13 heavy (non-hydrogen) atoms. The van der Waals surface area contributed by atoms with E-state index in [1.54, 1.807) is 19.1 Å². The molecule has 0 aliphatic rings. The Bertz CT molecular complexity index is 299. The summed E-state index contributed by atoms with van der Waals surface area (Å²) < 4.78 is 0. The maximum atomic E-state index is 9.72. The van der Waals surface area contributed by atoms with Crippen molar-refractivity contribution >= 4 is 11.6 Å². The minimum absolute atomic E-state index is 0.280. The van der Waals surface area contributed by atoms with Gasteiger partial charge in [0.05, 0.1) is 6.10 Å². The van der Waals surface area contributed by atoms with Crippen LogP contribution in [0.15, 0.2) is 18.2 Å². The quantitative estimate of drug-likeness (QED) is 0.766. The number of aliphatic hydroxyl groups is 1. The van der Waals surface area contributed by atoms with E-state index >= 15 is 0 Å². The van der Waals surface area contributed by atoms with E-state index in [4.69, 9.17) is 17.3 Å². The van der Waals surface area contributed by atoms with Gasteiger partial charge < -0.3 is 10.8 Å². The van der Waals surface area contributed by atoms with Gasteiger partial charge in [-0.2, -0.15) is 0 Å². The van der Waals surface area contributed by atoms with Crippen molar-refractivity contribution in [2.45, 2.75) is 26.0 Å². The van der Waals surface area contributed by atoms with Crippen molar-refractivity contribution in [1.82, 2.24) is 0 Å². The zero-order chi connectivity index (χ0) is 10.0. The molecule has 0 spiro atoms. The summed E-state index contributed by atoms with van der Waals surface area (Å²) >= 11 is 5.81. The van der Waals surface area contributed by atoms with Gasteiger partial charge in [0.1, 0.15) is 0 Å². The van der Waals surface area contributed by atoms with Crippen molar-refractivity contribution in [3.63, 3.8) is 0 Å². The number of aryl methyl sites for hydroxylation is 1. The molecule has 1 rings (SSSR count). The number of aliphatic hydroxyl groups excluding tert-OH is 1. The topological polar surface area (TPSA) is 46.2 Å². The molecule has 0 aliphatic heterocycles. The van der Waals surface area contributed by atoms with Crippen LogP contribution in [0.4, 0.5) is 0 Å². The van der Waals surface area contributed by atoms with E-state index in [1.807, 2.05) is 13.0 Å². The predicted octanol–water partition coefficient (Wildman–Crippen LogP) is 2.03. The minimum atomic E-state index is -0.640. The number of hydrogen-bond acceptors (Lipinski definition) is 2. The molecule has 3 N–H and O–H groups in total. The van der Waals surface area contributed by atoms with Crippen LogP contribution in [0.1, 0.15) is 24.2 Å². The fourth-order valence-corrected chi connectivity index (χ4v) is 1.39. The molecule has 0 radical (unpaired) electrons. The van der Waals surface area contributed by atoms with Gasteiger partial charge >= 0.3 is 0 Å². The largest absolute Gasteiger partial charge is 0.387 e. The fraction of sp³-hybridized carbons (Fsp3) is 0.400. The van der Waals surface area contributed by atoms with Crippen LogP contribution in [-0.2, 0) is 0 Å². The summed E-state index contributed by atoms with van der Waals surface area (Å²) in [6, 6.07) is 5.15. The molecule has 0 aliphatic carbocycles. The maximum Gasteiger partial charge on any atom is 0.0941 e. The van der Waals surface area contributed by atoms with E-state index < -0.39 is 6.10 Å². The molecule has 1 aromatic rings. The Kier molecular flexibility index (Phi) is 3.31. The summed E-state index contributed by atoms with van der Waals surface area (Å²) in [7, 11) is 0. The van der Waals surface area contributed by atoms with Crippen molar-refractivity contribution < 1.29 is 5.11 Å². The first-order chi connectivity index (χ1) is 6.02. The van der Waals surface area contributed by atoms with Gasteiger partial charge in [-0.1, -0.05) is 17.7 Å². The van der Waals surface area contributed by atoms with E-state index in [2.05, 4.69) is 0 Å². The molecule has 0 saturated heterocycles. The van der Waals surface area contributed by atoms with Crippen LogP contribution in [-0.4, -0.2) is 11.1 Å². The molecule has 2 atom stereocenters. The van der Waals surface area contributed by atoms with Gasteiger partial charge in [0.25, 0.3) is 0 Å². The number of rotatable bonds is 2. The van der Waals surface area contributed by atoms with Crippen LogP contribution in [0.5, 0.6) is 0 Å². The molecule has 0 unspecified atom stereocenters. The van der Waals surface area contributed by atoms with E-state index in [9.17, 15) is 5.11 Å². The molecule has 0 heterocycles. The highest BCUT2D eigenvalue weighted by molar-refractivity contribution is 6.30. The van der Waals surface area contributed by atoms with Gasteiger partial charge in [0.15, 0.2) is 0 Å². The number of benzene rings is 1. The lowest BCUT2D eigenvalue weighted by molar-refractivity contribution is 0.152. The first kappa shape index (κ1) is 10.5. The molecule has 0 amide bonds. The second-order valence-electron chi connectivity index (χ2n) is 3.30. The highest BCUT2D eigenvalue weighted by Gasteiger charge is 2.14. The highest BCUT2D eigenvalue weighted by Crippen LogP contribution is 2.23. The van der Waals surface area contributed by atoms with Crippen LogP contribution in [0.3, 0.4) is 0 Å². The van der Waals surface area contributed by atoms with Crippen LogP contribution in [0.25, 0.3) is 0 Å². The van der Waals surface area contributed by atoms with E-state index in [-0.39, 0.29) is 6.04 Å². The zero-order valence-corrected chi connectivity index (χ0v) is 8.55. The first-order valence-electron chi connectivity index (χ1n) is 4.22. The third-order valence-electron chi connectivity index (χ3n) is 2.06. The highest BCUT2D eigenvalue weighted by atomic mass is 35.5. The predicted molar refractivity (Wildman–Crippen MR) is 54.8 cm³/mol. The van der Waals surface area contributed by atoms with Crippen molar-refractivity contribution in [1.29, 1.82) is 0 Å². The Morgan fingerprint density at radius 3 is 2.62 bits per heavy atom. The standard InChI is InChI=1S/C10H14ClNO/c1-6-3-4-8(11)5-9(6)10(13)7(2)12/h3-5,7,10,13H,12H2,1-2H3/t7-,10-/m1/s1. The van der Waals surface area contributed by atoms with Gasteiger partial charge in [-0.25, -0.2) is 0 Å². The Balaban J connectivity index is 3.05. The summed E-state index contributed by atoms with van der Waals surface area (Å²) in [6.07, 6.45) is -0.640. The lowest BCUT2D eigenvalue weighted by atomic mass is 9.99. The summed E-state index contributed by atoms with van der Waals surface area (Å²) in [5.41, 5.74) is 7.41. The second kappa shape index (κ2) is 4.09. The van der Waals surface area contributed by atoms with Gasteiger partial charge in [0, 0.05) is 11.1 Å². The third kappa shape index (κ3) is 2.44. The van der Waals surface area contributed by atoms with Gasteiger partial charge in [-0.3, -0.25) is 0 Å². The lowest BCUT2D eigenvalue weighted by Crippen LogP contribution is -2.24. The van der Waals surface area contributed by atoms with Crippen LogP contribution in [0.2, 0.25) is 5.02 Å². The van der Waals surface area contributed by atoms with Crippen LogP contribution >= 0.6 is 11.6 Å². The molecule has 2 nitrogen and oxygen atoms in total. The number of halogens is 1. The average Bonchev–Trinajstić information content (AvgIpc) is 2.08. The number of nitrogens with two attached hydrogens (primary N) is 1. The molecule has 0 aromatic heterocycles. The SMILES string of the molecule is Cc1ccc(Cl)cc1[C@H](O)[C@@H](C)N. The molecular weight excluding hydrogens is 186 g/mol. The Morgan fingerprint density at radius 2 is 2.08 bits per heavy atom. The molecule has 0 saturated carbocycles. The monoisotopic (exact) mass is 199 g/mol. The summed E-state index contributed by atoms with van der Waals surface area (Å²) in [5.74, 6) is 0.